The van der Waals surface area contributed by atoms with E-state index in [1.165, 1.54) is 18.9 Å². The Hall–Kier alpha value is -1.50. The molecule has 5 unspecified atom stereocenters. The van der Waals surface area contributed by atoms with Gasteiger partial charge in [0.1, 0.15) is 5.37 Å². The fourth-order valence-electron chi connectivity index (χ4n) is 3.34. The minimum atomic E-state index is -1.01. The molecule has 4 N–H and O–H groups in total. The topological polar surface area (TPSA) is 135 Å². The smallest absolute Gasteiger partial charge is 0.414 e. The first kappa shape index (κ1) is 21.2. The highest BCUT2D eigenvalue weighted by molar-refractivity contribution is 8.01. The minimum Gasteiger partial charge on any atom is -0.466 e. The Bertz CT molecular complexity index is 622. The summed E-state index contributed by atoms with van der Waals surface area (Å²) >= 11 is 3.10. The summed E-state index contributed by atoms with van der Waals surface area (Å²) in [5.74, 6) is -1.25. The number of amides is 3. The first-order valence-corrected chi connectivity index (χ1v) is 11.1. The molecule has 0 radical (unpaired) electrons. The van der Waals surface area contributed by atoms with E-state index in [4.69, 9.17) is 0 Å². The van der Waals surface area contributed by atoms with Gasteiger partial charge in [-0.05, 0) is 25.1 Å². The average Bonchev–Trinajstić information content (AvgIpc) is 3.32. The zero-order valence-corrected chi connectivity index (χ0v) is 17.0. The van der Waals surface area contributed by atoms with Crippen molar-refractivity contribution >= 4 is 47.4 Å². The number of ether oxygens (including phenoxy) is 2. The Labute approximate surface area is 171 Å². The quantitative estimate of drug-likeness (QED) is 0.401. The molecule has 3 saturated heterocycles. The molecule has 0 aromatic rings. The van der Waals surface area contributed by atoms with Gasteiger partial charge in [0.25, 0.3) is 0 Å². The molecular formula is C16H24N4O6S2. The first-order chi connectivity index (χ1) is 13.5. The highest BCUT2D eigenvalue weighted by Crippen LogP contribution is 2.34. The molecule has 3 amide bonds. The molecule has 0 aliphatic carbocycles. The normalized spacial score (nSPS) is 31.5. The molecule has 12 heteroatoms. The Morgan fingerprint density at radius 3 is 2.75 bits per heavy atom. The van der Waals surface area contributed by atoms with Crippen molar-refractivity contribution in [2.24, 2.45) is 5.92 Å². The average molecular weight is 433 g/mol. The second kappa shape index (κ2) is 9.81. The summed E-state index contributed by atoms with van der Waals surface area (Å²) in [5.41, 5.74) is 0. The van der Waals surface area contributed by atoms with E-state index in [1.807, 2.05) is 0 Å². The number of imide groups is 1. The highest BCUT2D eigenvalue weighted by atomic mass is 32.2. The van der Waals surface area contributed by atoms with Gasteiger partial charge >= 0.3 is 12.1 Å². The molecule has 3 rings (SSSR count). The van der Waals surface area contributed by atoms with Crippen molar-refractivity contribution in [2.45, 2.75) is 34.9 Å². The van der Waals surface area contributed by atoms with Crippen LogP contribution >= 0.6 is 23.5 Å². The van der Waals surface area contributed by atoms with Gasteiger partial charge in [0.2, 0.25) is 11.8 Å². The molecule has 0 aromatic carbocycles. The van der Waals surface area contributed by atoms with Gasteiger partial charge in [-0.25, -0.2) is 9.59 Å². The third kappa shape index (κ3) is 5.31. The number of alkyl carbamates (subject to hydrolysis) is 1. The lowest BCUT2D eigenvalue weighted by molar-refractivity contribution is -0.144. The fourth-order valence-corrected chi connectivity index (χ4v) is 6.09. The van der Waals surface area contributed by atoms with Crippen LogP contribution in [0, 0.1) is 5.92 Å². The fraction of sp³-hybridized carbons (Fsp3) is 0.750. The molecule has 0 aromatic heterocycles. The minimum absolute atomic E-state index is 0.148. The summed E-state index contributed by atoms with van der Waals surface area (Å²) < 4.78 is 8.98. The van der Waals surface area contributed by atoms with Crippen LogP contribution in [0.4, 0.5) is 4.79 Å². The van der Waals surface area contributed by atoms with Crippen molar-refractivity contribution < 1.29 is 28.7 Å². The van der Waals surface area contributed by atoms with Gasteiger partial charge in [0.05, 0.1) is 18.4 Å². The second-order valence-electron chi connectivity index (χ2n) is 6.66. The van der Waals surface area contributed by atoms with E-state index in [1.54, 1.807) is 11.8 Å². The van der Waals surface area contributed by atoms with E-state index in [-0.39, 0.29) is 17.3 Å². The Kier molecular flexibility index (Phi) is 7.43. The van der Waals surface area contributed by atoms with Crippen molar-refractivity contribution in [2.75, 3.05) is 32.6 Å². The second-order valence-corrected chi connectivity index (χ2v) is 9.26. The number of methoxy groups -OCH3 is 1. The largest absolute Gasteiger partial charge is 0.466 e. The number of rotatable bonds is 5. The molecular weight excluding hydrogens is 408 g/mol. The first-order valence-electron chi connectivity index (χ1n) is 9.06. The molecule has 3 aliphatic rings. The summed E-state index contributed by atoms with van der Waals surface area (Å²) in [6, 6.07) is 0.273. The number of nitrogens with one attached hydrogen (secondary N) is 4. The molecule has 0 saturated carbocycles. The maximum atomic E-state index is 12.6. The lowest BCUT2D eigenvalue weighted by Crippen LogP contribution is -2.51. The van der Waals surface area contributed by atoms with Gasteiger partial charge in [-0.2, -0.15) is 0 Å². The summed E-state index contributed by atoms with van der Waals surface area (Å²) in [6.45, 7) is 1.23. The number of fused-ring (bicyclic) bond motifs is 1. The maximum absolute atomic E-state index is 12.6. The Morgan fingerprint density at radius 1 is 1.18 bits per heavy atom. The van der Waals surface area contributed by atoms with E-state index >= 15 is 0 Å². The van der Waals surface area contributed by atoms with Gasteiger partial charge < -0.3 is 20.1 Å². The van der Waals surface area contributed by atoms with E-state index in [2.05, 4.69) is 30.7 Å². The zero-order valence-electron chi connectivity index (χ0n) is 15.4. The molecule has 3 fully saturated rings. The van der Waals surface area contributed by atoms with Crippen LogP contribution in [0.2, 0.25) is 0 Å². The molecule has 0 bridgehead atoms. The van der Waals surface area contributed by atoms with Crippen LogP contribution in [0.25, 0.3) is 0 Å². The van der Waals surface area contributed by atoms with Crippen LogP contribution in [-0.2, 0) is 23.9 Å². The van der Waals surface area contributed by atoms with Gasteiger partial charge in [0, 0.05) is 17.8 Å². The number of hydrogen-bond acceptors (Lipinski definition) is 10. The number of thioether (sulfide) groups is 2. The Morgan fingerprint density at radius 2 is 2.00 bits per heavy atom. The predicted octanol–water partition coefficient (Wildman–Crippen LogP) is -0.999. The molecule has 3 aliphatic heterocycles. The van der Waals surface area contributed by atoms with Crippen molar-refractivity contribution in [1.82, 2.24) is 21.3 Å². The van der Waals surface area contributed by atoms with Crippen LogP contribution in [-0.4, -0.2) is 78.5 Å². The SMILES string of the molecule is COC(=O)COC(=O)NC(=O)C1CCSC1NC(=O)C1NC2CNCCC2S1. The van der Waals surface area contributed by atoms with E-state index in [0.29, 0.717) is 17.4 Å². The van der Waals surface area contributed by atoms with Crippen LogP contribution < -0.4 is 21.3 Å². The van der Waals surface area contributed by atoms with Crippen LogP contribution in [0.1, 0.15) is 12.8 Å². The monoisotopic (exact) mass is 432 g/mol. The zero-order chi connectivity index (χ0) is 20.1. The van der Waals surface area contributed by atoms with Crippen molar-refractivity contribution in [1.29, 1.82) is 0 Å². The highest BCUT2D eigenvalue weighted by Gasteiger charge is 2.42. The van der Waals surface area contributed by atoms with Gasteiger partial charge in [-0.1, -0.05) is 0 Å². The molecule has 156 valence electrons. The summed E-state index contributed by atoms with van der Waals surface area (Å²) in [7, 11) is 1.17. The molecule has 28 heavy (non-hydrogen) atoms. The number of piperidine rings is 1. The molecule has 0 spiro atoms. The number of carbonyl (C=O) groups is 4. The summed E-state index contributed by atoms with van der Waals surface area (Å²) in [4.78, 5) is 47.6. The van der Waals surface area contributed by atoms with Crippen LogP contribution in [0.5, 0.6) is 0 Å². The number of hydrogen-bond donors (Lipinski definition) is 4. The summed E-state index contributed by atoms with van der Waals surface area (Å²) in [5, 5.41) is 11.3. The van der Waals surface area contributed by atoms with Crippen LogP contribution in [0.15, 0.2) is 0 Å². The van der Waals surface area contributed by atoms with E-state index in [9.17, 15) is 19.2 Å². The number of esters is 1. The molecule has 5 atom stereocenters. The third-order valence-corrected chi connectivity index (χ3v) is 7.63. The lowest BCUT2D eigenvalue weighted by Gasteiger charge is -2.24. The number of carbonyl (C=O) groups excluding carboxylic acids is 4. The van der Waals surface area contributed by atoms with Gasteiger partial charge in [-0.3, -0.25) is 20.2 Å². The standard InChI is InChI=1S/C16H24N4O6S2/c1-25-11(21)7-26-16(24)20-12(22)8-3-5-27-14(8)19-13(23)15-18-9-6-17-4-2-10(9)28-15/h8-10,14-15,17-18H,2-7H2,1H3,(H,19,23)(H,20,22,24). The molecule has 3 heterocycles. The lowest BCUT2D eigenvalue weighted by atomic mass is 10.1. The van der Waals surface area contributed by atoms with Gasteiger partial charge in [-0.15, -0.1) is 23.5 Å². The van der Waals surface area contributed by atoms with Crippen molar-refractivity contribution in [3.8, 4) is 0 Å². The van der Waals surface area contributed by atoms with E-state index in [0.717, 1.165) is 19.5 Å². The third-order valence-electron chi connectivity index (χ3n) is 4.82. The van der Waals surface area contributed by atoms with Crippen LogP contribution in [0.3, 0.4) is 0 Å². The maximum Gasteiger partial charge on any atom is 0.414 e. The van der Waals surface area contributed by atoms with Gasteiger partial charge in [0.15, 0.2) is 6.61 Å². The summed E-state index contributed by atoms with van der Waals surface area (Å²) in [6.07, 6.45) is 0.539. The predicted molar refractivity (Wildman–Crippen MR) is 104 cm³/mol. The Balaban J connectivity index is 1.47. The van der Waals surface area contributed by atoms with Crippen molar-refractivity contribution in [3.05, 3.63) is 0 Å². The van der Waals surface area contributed by atoms with E-state index < -0.39 is 35.9 Å². The molecule has 10 nitrogen and oxygen atoms in total. The van der Waals surface area contributed by atoms with Crippen molar-refractivity contribution in [3.63, 3.8) is 0 Å².